The third-order valence-electron chi connectivity index (χ3n) is 2.77. The van der Waals surface area contributed by atoms with E-state index >= 15 is 0 Å². The molecule has 0 bridgehead atoms. The van der Waals surface area contributed by atoms with Crippen LogP contribution in [0.2, 0.25) is 0 Å². The molecule has 100 valence electrons. The molecule has 2 rings (SSSR count). The van der Waals surface area contributed by atoms with Crippen molar-refractivity contribution in [1.82, 2.24) is 4.57 Å². The summed E-state index contributed by atoms with van der Waals surface area (Å²) in [6.45, 7) is 0. The zero-order valence-electron chi connectivity index (χ0n) is 11.0. The molecule has 1 aromatic carbocycles. The van der Waals surface area contributed by atoms with Crippen molar-refractivity contribution in [2.75, 3.05) is 7.11 Å². The molecule has 4 nitrogen and oxygen atoms in total. The second-order valence-electron chi connectivity index (χ2n) is 4.15. The number of rotatable bonds is 4. The molecule has 0 fully saturated rings. The van der Waals surface area contributed by atoms with Gasteiger partial charge in [-0.05, 0) is 24.1 Å². The molecule has 0 saturated heterocycles. The van der Waals surface area contributed by atoms with Crippen LogP contribution in [-0.4, -0.2) is 17.6 Å². The van der Waals surface area contributed by atoms with E-state index in [1.54, 1.807) is 7.11 Å². The van der Waals surface area contributed by atoms with Gasteiger partial charge in [-0.3, -0.25) is 4.79 Å². The maximum absolute atomic E-state index is 11.8. The van der Waals surface area contributed by atoms with E-state index < -0.39 is 0 Å². The Hall–Kier alpha value is -1.88. The zero-order valence-corrected chi connectivity index (χ0v) is 11.8. The molecule has 1 amide bonds. The van der Waals surface area contributed by atoms with Gasteiger partial charge in [0.2, 0.25) is 5.91 Å². The summed E-state index contributed by atoms with van der Waals surface area (Å²) in [4.78, 5) is 16.6. The third-order valence-corrected chi connectivity index (χ3v) is 3.61. The van der Waals surface area contributed by atoms with Crippen LogP contribution in [0.1, 0.15) is 12.0 Å². The van der Waals surface area contributed by atoms with Crippen molar-refractivity contribution in [3.05, 3.63) is 46.2 Å². The molecule has 1 aromatic heterocycles. The highest BCUT2D eigenvalue weighted by atomic mass is 32.1. The summed E-state index contributed by atoms with van der Waals surface area (Å²) >= 11 is 1.46. The van der Waals surface area contributed by atoms with Crippen LogP contribution in [0.4, 0.5) is 0 Å². The predicted molar refractivity (Wildman–Crippen MR) is 75.2 cm³/mol. The number of carbonyl (C=O) groups excluding carboxylic acids is 1. The van der Waals surface area contributed by atoms with Crippen LogP contribution in [0.15, 0.2) is 40.8 Å². The van der Waals surface area contributed by atoms with Gasteiger partial charge in [-0.25, -0.2) is 0 Å². The number of hydrogen-bond donors (Lipinski definition) is 0. The van der Waals surface area contributed by atoms with Crippen LogP contribution in [0.3, 0.4) is 0 Å². The van der Waals surface area contributed by atoms with Crippen LogP contribution >= 0.6 is 11.3 Å². The Bertz CT molecular complexity index is 611. The standard InChI is InChI=1S/C14H16N2O2S/c1-16-9-10-19-14(16)15-13(17)8-5-11-3-6-12(18-2)7-4-11/h3-4,6-7,9-10H,5,8H2,1-2H3. The summed E-state index contributed by atoms with van der Waals surface area (Å²) in [6, 6.07) is 7.74. The molecule has 0 aliphatic rings. The Balaban J connectivity index is 1.95. The maximum Gasteiger partial charge on any atom is 0.248 e. The van der Waals surface area contributed by atoms with E-state index in [4.69, 9.17) is 4.74 Å². The first-order chi connectivity index (χ1) is 9.19. The summed E-state index contributed by atoms with van der Waals surface area (Å²) in [7, 11) is 3.52. The number of aryl methyl sites for hydroxylation is 2. The number of nitrogens with zero attached hydrogens (tertiary/aromatic N) is 2. The fourth-order valence-electron chi connectivity index (χ4n) is 1.64. The van der Waals surface area contributed by atoms with Crippen molar-refractivity contribution in [3.8, 4) is 5.75 Å². The number of amides is 1. The van der Waals surface area contributed by atoms with E-state index in [2.05, 4.69) is 4.99 Å². The molecule has 0 radical (unpaired) electrons. The highest BCUT2D eigenvalue weighted by Crippen LogP contribution is 2.12. The molecule has 0 aliphatic heterocycles. The van der Waals surface area contributed by atoms with Gasteiger partial charge in [0.05, 0.1) is 7.11 Å². The summed E-state index contributed by atoms with van der Waals surface area (Å²) < 4.78 is 6.93. The molecule has 0 saturated carbocycles. The second kappa shape index (κ2) is 6.33. The number of methoxy groups -OCH3 is 1. The van der Waals surface area contributed by atoms with Gasteiger partial charge in [0.15, 0.2) is 4.80 Å². The minimum atomic E-state index is -0.0890. The highest BCUT2D eigenvalue weighted by molar-refractivity contribution is 7.07. The summed E-state index contributed by atoms with van der Waals surface area (Å²) in [6.07, 6.45) is 3.01. The molecule has 0 atom stereocenters. The van der Waals surface area contributed by atoms with Gasteiger partial charge in [-0.1, -0.05) is 12.1 Å². The lowest BCUT2D eigenvalue weighted by molar-refractivity contribution is -0.118. The lowest BCUT2D eigenvalue weighted by Gasteiger charge is -2.01. The van der Waals surface area contributed by atoms with Crippen LogP contribution in [0.5, 0.6) is 5.75 Å². The van der Waals surface area contributed by atoms with Crippen molar-refractivity contribution in [2.45, 2.75) is 12.8 Å². The van der Waals surface area contributed by atoms with Crippen molar-refractivity contribution in [2.24, 2.45) is 12.0 Å². The molecular formula is C14H16N2O2S. The monoisotopic (exact) mass is 276 g/mol. The fraction of sp³-hybridized carbons (Fsp3) is 0.286. The van der Waals surface area contributed by atoms with Crippen LogP contribution in [-0.2, 0) is 18.3 Å². The van der Waals surface area contributed by atoms with E-state index in [0.29, 0.717) is 12.8 Å². The first kappa shape index (κ1) is 13.5. The Labute approximate surface area is 116 Å². The predicted octanol–water partition coefficient (Wildman–Crippen LogP) is 2.16. The lowest BCUT2D eigenvalue weighted by atomic mass is 10.1. The van der Waals surface area contributed by atoms with Crippen molar-refractivity contribution < 1.29 is 9.53 Å². The zero-order chi connectivity index (χ0) is 13.7. The van der Waals surface area contributed by atoms with Gasteiger partial charge in [0.1, 0.15) is 5.75 Å². The van der Waals surface area contributed by atoms with Gasteiger partial charge in [-0.2, -0.15) is 4.99 Å². The second-order valence-corrected chi connectivity index (χ2v) is 5.02. The Morgan fingerprint density at radius 3 is 2.68 bits per heavy atom. The number of ether oxygens (including phenoxy) is 1. The number of benzene rings is 1. The largest absolute Gasteiger partial charge is 0.497 e. The van der Waals surface area contributed by atoms with Gasteiger partial charge < -0.3 is 9.30 Å². The van der Waals surface area contributed by atoms with Gasteiger partial charge in [0.25, 0.3) is 0 Å². The smallest absolute Gasteiger partial charge is 0.248 e. The quantitative estimate of drug-likeness (QED) is 0.859. The Morgan fingerprint density at radius 2 is 2.11 bits per heavy atom. The summed E-state index contributed by atoms with van der Waals surface area (Å²) in [5, 5.41) is 1.91. The Kier molecular flexibility index (Phi) is 4.52. The average Bonchev–Trinajstić information content (AvgIpc) is 2.82. The minimum absolute atomic E-state index is 0.0890. The number of carbonyl (C=O) groups is 1. The average molecular weight is 276 g/mol. The molecular weight excluding hydrogens is 260 g/mol. The molecule has 0 unspecified atom stereocenters. The van der Waals surface area contributed by atoms with Gasteiger partial charge >= 0.3 is 0 Å². The number of thiazole rings is 1. The first-order valence-electron chi connectivity index (χ1n) is 5.99. The first-order valence-corrected chi connectivity index (χ1v) is 6.87. The van der Waals surface area contributed by atoms with Crippen molar-refractivity contribution in [3.63, 3.8) is 0 Å². The van der Waals surface area contributed by atoms with E-state index in [0.717, 1.165) is 16.1 Å². The van der Waals surface area contributed by atoms with E-state index in [1.165, 1.54) is 11.3 Å². The topological polar surface area (TPSA) is 43.6 Å². The molecule has 0 spiro atoms. The highest BCUT2D eigenvalue weighted by Gasteiger charge is 2.02. The van der Waals surface area contributed by atoms with Gasteiger partial charge in [0, 0.05) is 25.0 Å². The summed E-state index contributed by atoms with van der Waals surface area (Å²) in [5.74, 6) is 0.735. The van der Waals surface area contributed by atoms with Crippen LogP contribution in [0.25, 0.3) is 0 Å². The number of aromatic nitrogens is 1. The Morgan fingerprint density at radius 1 is 1.37 bits per heavy atom. The minimum Gasteiger partial charge on any atom is -0.497 e. The van der Waals surface area contributed by atoms with Gasteiger partial charge in [-0.15, -0.1) is 11.3 Å². The summed E-state index contributed by atoms with van der Waals surface area (Å²) in [5.41, 5.74) is 1.11. The van der Waals surface area contributed by atoms with Crippen molar-refractivity contribution >= 4 is 17.2 Å². The van der Waals surface area contributed by atoms with Crippen LogP contribution < -0.4 is 9.54 Å². The maximum atomic E-state index is 11.8. The fourth-order valence-corrected chi connectivity index (χ4v) is 2.39. The molecule has 0 N–H and O–H groups in total. The van der Waals surface area contributed by atoms with Crippen LogP contribution in [0, 0.1) is 0 Å². The van der Waals surface area contributed by atoms with E-state index in [1.807, 2.05) is 47.5 Å². The normalized spacial score (nSPS) is 11.6. The molecule has 5 heteroatoms. The molecule has 19 heavy (non-hydrogen) atoms. The van der Waals surface area contributed by atoms with E-state index in [-0.39, 0.29) is 5.91 Å². The SMILES string of the molecule is COc1ccc(CCC(=O)N=c2sccn2C)cc1. The molecule has 2 aromatic rings. The molecule has 1 heterocycles. The molecule has 0 aliphatic carbocycles. The third kappa shape index (κ3) is 3.79. The number of hydrogen-bond acceptors (Lipinski definition) is 3. The van der Waals surface area contributed by atoms with E-state index in [9.17, 15) is 4.79 Å². The van der Waals surface area contributed by atoms with Crippen molar-refractivity contribution in [1.29, 1.82) is 0 Å². The lowest BCUT2D eigenvalue weighted by Crippen LogP contribution is -2.12.